The van der Waals surface area contributed by atoms with Crippen molar-refractivity contribution < 1.29 is 5.11 Å². The molecule has 0 aliphatic heterocycles. The van der Waals surface area contributed by atoms with Gasteiger partial charge in [0.05, 0.1) is 17.6 Å². The smallest absolute Gasteiger partial charge is 0.113 e. The molecule has 1 aliphatic carbocycles. The van der Waals surface area contributed by atoms with Crippen molar-refractivity contribution in [3.8, 4) is 0 Å². The number of nitrogen functional groups attached to an aromatic ring is 1. The van der Waals surface area contributed by atoms with Crippen LogP contribution in [0.4, 0.5) is 5.69 Å². The van der Waals surface area contributed by atoms with Crippen molar-refractivity contribution >= 4 is 28.5 Å². The summed E-state index contributed by atoms with van der Waals surface area (Å²) in [4.78, 5) is 4.80. The van der Waals surface area contributed by atoms with Crippen LogP contribution in [0.2, 0.25) is 0 Å². The Hall–Kier alpha value is -1.20. The molecule has 0 bridgehead atoms. The highest BCUT2D eigenvalue weighted by Gasteiger charge is 2.32. The first-order valence-electron chi connectivity index (χ1n) is 7.06. The maximum atomic E-state index is 9.58. The lowest BCUT2D eigenvalue weighted by Crippen LogP contribution is -2.23. The highest BCUT2D eigenvalue weighted by Crippen LogP contribution is 2.42. The average molecular weight is 291 g/mol. The Morgan fingerprint density at radius 3 is 2.85 bits per heavy atom. The Morgan fingerprint density at radius 1 is 1.50 bits per heavy atom. The van der Waals surface area contributed by atoms with Gasteiger partial charge in [-0.15, -0.1) is 0 Å². The molecule has 1 heterocycles. The number of imidazole rings is 1. The molecule has 0 spiro atoms. The van der Waals surface area contributed by atoms with Crippen molar-refractivity contribution in [1.29, 1.82) is 0 Å². The van der Waals surface area contributed by atoms with Crippen LogP contribution >= 0.6 is 11.8 Å². The lowest BCUT2D eigenvalue weighted by Gasteiger charge is -2.24. The van der Waals surface area contributed by atoms with Crippen LogP contribution in [0, 0.1) is 0 Å². The molecule has 3 N–H and O–H groups in total. The summed E-state index contributed by atoms with van der Waals surface area (Å²) in [6.07, 6.45) is 4.48. The van der Waals surface area contributed by atoms with Crippen molar-refractivity contribution in [3.05, 3.63) is 24.0 Å². The third-order valence-corrected chi connectivity index (χ3v) is 5.26. The van der Waals surface area contributed by atoms with Gasteiger partial charge in [-0.05, 0) is 44.2 Å². The summed E-state index contributed by atoms with van der Waals surface area (Å²) in [6, 6.07) is 6.14. The number of benzene rings is 1. The van der Waals surface area contributed by atoms with Gasteiger partial charge in [0, 0.05) is 22.9 Å². The number of nitrogens with two attached hydrogens (primary N) is 1. The van der Waals surface area contributed by atoms with Crippen molar-refractivity contribution in [2.45, 2.75) is 37.0 Å². The Labute approximate surface area is 123 Å². The van der Waals surface area contributed by atoms with Crippen molar-refractivity contribution in [2.75, 3.05) is 18.6 Å². The minimum absolute atomic E-state index is 0.182. The molecule has 2 unspecified atom stereocenters. The second kappa shape index (κ2) is 5.30. The van der Waals surface area contributed by atoms with Crippen molar-refractivity contribution in [1.82, 2.24) is 9.55 Å². The van der Waals surface area contributed by atoms with Gasteiger partial charge >= 0.3 is 0 Å². The molecule has 1 saturated carbocycles. The molecule has 5 heteroatoms. The van der Waals surface area contributed by atoms with E-state index in [0.29, 0.717) is 5.92 Å². The minimum Gasteiger partial charge on any atom is -0.399 e. The number of hydrogen-bond donors (Lipinski definition) is 2. The van der Waals surface area contributed by atoms with Crippen LogP contribution in [0.25, 0.3) is 11.0 Å². The molecule has 4 nitrogen and oxygen atoms in total. The standard InChI is InChI=1S/C15H21N3OS/c1-9(14(8-19)20-2)18-13-6-5-11(16)7-12(13)17-15(18)10-3-4-10/h5-7,9-10,14,19H,3-4,8,16H2,1-2H3. The van der Waals surface area contributed by atoms with Crippen molar-refractivity contribution in [2.24, 2.45) is 0 Å². The fourth-order valence-electron chi connectivity index (χ4n) is 2.78. The van der Waals surface area contributed by atoms with Gasteiger partial charge < -0.3 is 15.4 Å². The summed E-state index contributed by atoms with van der Waals surface area (Å²) in [5.41, 5.74) is 8.72. The van der Waals surface area contributed by atoms with Crippen LogP contribution in [0.1, 0.15) is 37.5 Å². The second-order valence-electron chi connectivity index (χ2n) is 5.56. The zero-order chi connectivity index (χ0) is 14.3. The molecule has 1 aliphatic rings. The molecule has 0 radical (unpaired) electrons. The fraction of sp³-hybridized carbons (Fsp3) is 0.533. The highest BCUT2D eigenvalue weighted by atomic mass is 32.2. The van der Waals surface area contributed by atoms with Gasteiger partial charge in [-0.3, -0.25) is 0 Å². The van der Waals surface area contributed by atoms with Crippen LogP contribution in [0.15, 0.2) is 18.2 Å². The molecule has 2 aromatic rings. The zero-order valence-electron chi connectivity index (χ0n) is 11.9. The molecular formula is C15H21N3OS. The lowest BCUT2D eigenvalue weighted by atomic mass is 10.2. The number of fused-ring (bicyclic) bond motifs is 1. The monoisotopic (exact) mass is 291 g/mol. The number of thioether (sulfide) groups is 1. The number of anilines is 1. The van der Waals surface area contributed by atoms with Gasteiger partial charge in [0.2, 0.25) is 0 Å². The first-order chi connectivity index (χ1) is 9.65. The lowest BCUT2D eigenvalue weighted by molar-refractivity contribution is 0.270. The molecule has 1 fully saturated rings. The third-order valence-electron chi connectivity index (χ3n) is 4.11. The molecule has 1 aromatic heterocycles. The number of rotatable bonds is 5. The van der Waals surface area contributed by atoms with Crippen LogP contribution in [0.3, 0.4) is 0 Å². The largest absolute Gasteiger partial charge is 0.399 e. The predicted molar refractivity (Wildman–Crippen MR) is 85.2 cm³/mol. The SMILES string of the molecule is CSC(CO)C(C)n1c(C2CC2)nc2cc(N)ccc21. The Kier molecular flexibility index (Phi) is 3.65. The van der Waals surface area contributed by atoms with Crippen LogP contribution in [-0.4, -0.2) is 32.8 Å². The quantitative estimate of drug-likeness (QED) is 0.831. The fourth-order valence-corrected chi connectivity index (χ4v) is 3.45. The first kappa shape index (κ1) is 13.8. The van der Waals surface area contributed by atoms with E-state index in [0.717, 1.165) is 22.5 Å². The summed E-state index contributed by atoms with van der Waals surface area (Å²) in [6.45, 7) is 2.35. The summed E-state index contributed by atoms with van der Waals surface area (Å²) < 4.78 is 2.31. The van der Waals surface area contributed by atoms with E-state index in [-0.39, 0.29) is 17.9 Å². The summed E-state index contributed by atoms with van der Waals surface area (Å²) in [5.74, 6) is 1.73. The Balaban J connectivity index is 2.13. The van der Waals surface area contributed by atoms with Gasteiger partial charge in [0.1, 0.15) is 5.82 Å². The van der Waals surface area contributed by atoms with E-state index in [1.54, 1.807) is 11.8 Å². The number of aliphatic hydroxyl groups excluding tert-OH is 1. The maximum absolute atomic E-state index is 9.58. The van der Waals surface area contributed by atoms with E-state index >= 15 is 0 Å². The van der Waals surface area contributed by atoms with Gasteiger partial charge in [-0.25, -0.2) is 4.98 Å². The molecule has 0 saturated heterocycles. The molecule has 20 heavy (non-hydrogen) atoms. The summed E-state index contributed by atoms with van der Waals surface area (Å²) >= 11 is 1.71. The minimum atomic E-state index is 0.182. The van der Waals surface area contributed by atoms with E-state index < -0.39 is 0 Å². The Bertz CT molecular complexity index is 617. The molecular weight excluding hydrogens is 270 g/mol. The van der Waals surface area contributed by atoms with E-state index in [1.807, 2.05) is 18.4 Å². The highest BCUT2D eigenvalue weighted by molar-refractivity contribution is 7.99. The van der Waals surface area contributed by atoms with Gasteiger partial charge in [0.25, 0.3) is 0 Å². The van der Waals surface area contributed by atoms with Gasteiger partial charge in [-0.2, -0.15) is 11.8 Å². The van der Waals surface area contributed by atoms with Crippen LogP contribution in [0.5, 0.6) is 0 Å². The molecule has 108 valence electrons. The summed E-state index contributed by atoms with van der Waals surface area (Å²) in [7, 11) is 0. The van der Waals surface area contributed by atoms with E-state index in [9.17, 15) is 5.11 Å². The van der Waals surface area contributed by atoms with Crippen LogP contribution < -0.4 is 5.73 Å². The second-order valence-corrected chi connectivity index (χ2v) is 6.64. The number of nitrogens with zero attached hydrogens (tertiary/aromatic N) is 2. The zero-order valence-corrected chi connectivity index (χ0v) is 12.7. The maximum Gasteiger partial charge on any atom is 0.113 e. The number of aromatic nitrogens is 2. The van der Waals surface area contributed by atoms with E-state index in [1.165, 1.54) is 12.8 Å². The van der Waals surface area contributed by atoms with E-state index in [4.69, 9.17) is 10.7 Å². The normalized spacial score (nSPS) is 18.4. The molecule has 0 amide bonds. The summed E-state index contributed by atoms with van der Waals surface area (Å²) in [5, 5.41) is 9.76. The average Bonchev–Trinajstić information content (AvgIpc) is 3.21. The topological polar surface area (TPSA) is 64.1 Å². The Morgan fingerprint density at radius 2 is 2.25 bits per heavy atom. The van der Waals surface area contributed by atoms with Crippen molar-refractivity contribution in [3.63, 3.8) is 0 Å². The molecule has 1 aromatic carbocycles. The van der Waals surface area contributed by atoms with Gasteiger partial charge in [-0.1, -0.05) is 0 Å². The first-order valence-corrected chi connectivity index (χ1v) is 8.35. The van der Waals surface area contributed by atoms with Crippen LogP contribution in [-0.2, 0) is 0 Å². The molecule has 2 atom stereocenters. The van der Waals surface area contributed by atoms with Gasteiger partial charge in [0.15, 0.2) is 0 Å². The number of aliphatic hydroxyl groups is 1. The predicted octanol–water partition coefficient (Wildman–Crippen LogP) is 2.78. The van der Waals surface area contributed by atoms with E-state index in [2.05, 4.69) is 17.6 Å². The third kappa shape index (κ3) is 2.29. The number of hydrogen-bond acceptors (Lipinski definition) is 4. The molecule has 3 rings (SSSR count).